The molecule has 0 amide bonds. The maximum Gasteiger partial charge on any atom is 0.264 e. The van der Waals surface area contributed by atoms with Gasteiger partial charge in [-0.05, 0) is 37.9 Å². The third kappa shape index (κ3) is 3.73. The number of piperidine rings is 1. The minimum atomic E-state index is -0.386. The molecule has 2 aliphatic heterocycles. The molecule has 29 heavy (non-hydrogen) atoms. The van der Waals surface area contributed by atoms with E-state index >= 15 is 0 Å². The second-order valence-corrected chi connectivity index (χ2v) is 8.71. The van der Waals surface area contributed by atoms with E-state index in [-0.39, 0.29) is 17.7 Å². The zero-order valence-corrected chi connectivity index (χ0v) is 16.8. The van der Waals surface area contributed by atoms with Crippen molar-refractivity contribution < 1.29 is 5.11 Å². The summed E-state index contributed by atoms with van der Waals surface area (Å²) in [6, 6.07) is 8.10. The maximum atomic E-state index is 13.1. The van der Waals surface area contributed by atoms with Gasteiger partial charge in [0.1, 0.15) is 16.4 Å². The smallest absolute Gasteiger partial charge is 0.264 e. The molecule has 2 aromatic heterocycles. The lowest BCUT2D eigenvalue weighted by Crippen LogP contribution is -2.39. The Kier molecular flexibility index (Phi) is 4.94. The third-order valence-electron chi connectivity index (χ3n) is 5.52. The first-order chi connectivity index (χ1) is 14.2. The molecule has 0 radical (unpaired) electrons. The molecule has 2 aliphatic rings. The monoisotopic (exact) mass is 412 g/mol. The first kappa shape index (κ1) is 18.5. The molecule has 0 unspecified atom stereocenters. The third-order valence-corrected chi connectivity index (χ3v) is 6.57. The summed E-state index contributed by atoms with van der Waals surface area (Å²) < 4.78 is 1.04. The fourth-order valence-corrected chi connectivity index (χ4v) is 5.00. The Hall–Kier alpha value is -2.49. The molecular weight excluding hydrogens is 388 g/mol. The molecule has 4 heterocycles. The number of nitrogens with zero attached hydrogens (tertiary/aromatic N) is 3. The van der Waals surface area contributed by atoms with Gasteiger partial charge in [-0.15, -0.1) is 11.3 Å². The lowest BCUT2D eigenvalue weighted by atomic mass is 10.1. The van der Waals surface area contributed by atoms with Crippen molar-refractivity contribution in [3.63, 3.8) is 0 Å². The average Bonchev–Trinajstić information content (AvgIpc) is 3.34. The van der Waals surface area contributed by atoms with Gasteiger partial charge in [0.05, 0.1) is 16.3 Å². The molecular formula is C20H24N6O2S. The van der Waals surface area contributed by atoms with Crippen LogP contribution in [-0.4, -0.2) is 58.4 Å². The first-order valence-corrected chi connectivity index (χ1v) is 10.9. The summed E-state index contributed by atoms with van der Waals surface area (Å²) in [6.07, 6.45) is 2.41. The molecule has 5 rings (SSSR count). The van der Waals surface area contributed by atoms with Crippen molar-refractivity contribution in [2.75, 3.05) is 36.4 Å². The molecule has 0 saturated carbocycles. The summed E-state index contributed by atoms with van der Waals surface area (Å²) in [5, 5.41) is 17.4. The molecule has 3 aromatic rings. The van der Waals surface area contributed by atoms with Gasteiger partial charge in [-0.2, -0.15) is 4.98 Å². The second-order valence-electron chi connectivity index (χ2n) is 7.68. The fourth-order valence-electron chi connectivity index (χ4n) is 4.00. The van der Waals surface area contributed by atoms with E-state index in [1.807, 2.05) is 29.2 Å². The molecule has 0 aliphatic carbocycles. The Morgan fingerprint density at radius 1 is 1.24 bits per heavy atom. The standard InChI is InChI=1S/C20H24N6O2S/c27-13-7-9-26(11-13)20-24-17(22-12-4-3-8-21-10-12)16(18(28)25-20)19-23-14-5-1-2-6-15(14)29-19/h1-2,5-6,12-13,21,27H,3-4,7-11H2,(H2,22,24,25,28)/t12-,13+/m1/s1. The van der Waals surface area contributed by atoms with E-state index in [0.29, 0.717) is 41.8 Å². The molecule has 2 saturated heterocycles. The quantitative estimate of drug-likeness (QED) is 0.518. The van der Waals surface area contributed by atoms with Gasteiger partial charge < -0.3 is 20.6 Å². The first-order valence-electron chi connectivity index (χ1n) is 10.1. The van der Waals surface area contributed by atoms with Crippen LogP contribution in [0.4, 0.5) is 11.8 Å². The Labute approximate surface area is 172 Å². The average molecular weight is 413 g/mol. The van der Waals surface area contributed by atoms with Crippen molar-refractivity contribution in [2.45, 2.75) is 31.4 Å². The summed E-state index contributed by atoms with van der Waals surface area (Å²) in [5.74, 6) is 1.07. The number of hydrogen-bond acceptors (Lipinski definition) is 8. The molecule has 2 atom stereocenters. The molecule has 1 aromatic carbocycles. The van der Waals surface area contributed by atoms with E-state index in [1.54, 1.807) is 0 Å². The Morgan fingerprint density at radius 3 is 2.90 bits per heavy atom. The zero-order chi connectivity index (χ0) is 19.8. The number of aliphatic hydroxyl groups is 1. The number of thiazole rings is 1. The van der Waals surface area contributed by atoms with Gasteiger partial charge in [0.25, 0.3) is 5.56 Å². The molecule has 4 N–H and O–H groups in total. The fraction of sp³-hybridized carbons (Fsp3) is 0.450. The van der Waals surface area contributed by atoms with Crippen molar-refractivity contribution in [1.29, 1.82) is 0 Å². The van der Waals surface area contributed by atoms with Gasteiger partial charge in [0, 0.05) is 25.7 Å². The van der Waals surface area contributed by atoms with Crippen molar-refractivity contribution >= 4 is 33.3 Å². The van der Waals surface area contributed by atoms with Crippen LogP contribution in [-0.2, 0) is 0 Å². The van der Waals surface area contributed by atoms with E-state index in [9.17, 15) is 9.90 Å². The largest absolute Gasteiger partial charge is 0.391 e. The summed E-state index contributed by atoms with van der Waals surface area (Å²) >= 11 is 1.50. The summed E-state index contributed by atoms with van der Waals surface area (Å²) in [6.45, 7) is 3.01. The van der Waals surface area contributed by atoms with Crippen LogP contribution in [0, 0.1) is 0 Å². The minimum Gasteiger partial charge on any atom is -0.391 e. The number of aliphatic hydroxyl groups excluding tert-OH is 1. The van der Waals surface area contributed by atoms with Crippen LogP contribution in [0.25, 0.3) is 20.8 Å². The Morgan fingerprint density at radius 2 is 2.14 bits per heavy atom. The van der Waals surface area contributed by atoms with E-state index in [4.69, 9.17) is 4.98 Å². The normalized spacial score (nSPS) is 22.3. The van der Waals surface area contributed by atoms with Gasteiger partial charge >= 0.3 is 0 Å². The summed E-state index contributed by atoms with van der Waals surface area (Å²) in [7, 11) is 0. The SMILES string of the molecule is O=c1[nH]c(N2CC[C@H](O)C2)nc(N[C@@H]2CCCNC2)c1-c1nc2ccccc2s1. The highest BCUT2D eigenvalue weighted by molar-refractivity contribution is 7.21. The molecule has 152 valence electrons. The number of nitrogens with one attached hydrogen (secondary N) is 3. The lowest BCUT2D eigenvalue weighted by molar-refractivity contribution is 0.198. The van der Waals surface area contributed by atoms with Crippen LogP contribution in [0.3, 0.4) is 0 Å². The number of para-hydroxylation sites is 1. The molecule has 2 fully saturated rings. The van der Waals surface area contributed by atoms with E-state index < -0.39 is 0 Å². The predicted molar refractivity (Wildman–Crippen MR) is 116 cm³/mol. The maximum absolute atomic E-state index is 13.1. The number of fused-ring (bicyclic) bond motifs is 1. The summed E-state index contributed by atoms with van der Waals surface area (Å²) in [4.78, 5) is 27.5. The van der Waals surface area contributed by atoms with E-state index in [1.165, 1.54) is 11.3 Å². The number of rotatable bonds is 4. The highest BCUT2D eigenvalue weighted by atomic mass is 32.1. The predicted octanol–water partition coefficient (Wildman–Crippen LogP) is 1.78. The number of H-pyrrole nitrogens is 1. The van der Waals surface area contributed by atoms with Gasteiger partial charge in [-0.3, -0.25) is 9.78 Å². The number of benzene rings is 1. The molecule has 0 bridgehead atoms. The topological polar surface area (TPSA) is 106 Å². The second kappa shape index (κ2) is 7.74. The van der Waals surface area contributed by atoms with Crippen molar-refractivity contribution in [1.82, 2.24) is 20.3 Å². The lowest BCUT2D eigenvalue weighted by Gasteiger charge is -2.26. The minimum absolute atomic E-state index is 0.207. The Bertz CT molecular complexity index is 1040. The van der Waals surface area contributed by atoms with E-state index in [2.05, 4.69) is 20.6 Å². The van der Waals surface area contributed by atoms with Crippen LogP contribution in [0.5, 0.6) is 0 Å². The highest BCUT2D eigenvalue weighted by Gasteiger charge is 2.26. The van der Waals surface area contributed by atoms with Gasteiger partial charge in [-0.1, -0.05) is 12.1 Å². The van der Waals surface area contributed by atoms with Gasteiger partial charge in [0.15, 0.2) is 0 Å². The van der Waals surface area contributed by atoms with Crippen molar-refractivity contribution in [3.05, 3.63) is 34.6 Å². The van der Waals surface area contributed by atoms with Crippen LogP contribution < -0.4 is 21.1 Å². The van der Waals surface area contributed by atoms with Crippen LogP contribution in [0.15, 0.2) is 29.1 Å². The van der Waals surface area contributed by atoms with Crippen LogP contribution in [0.1, 0.15) is 19.3 Å². The molecule has 9 heteroatoms. The number of anilines is 2. The number of hydrogen-bond donors (Lipinski definition) is 4. The number of β-amino-alcohol motifs (C(OH)–C–C–N with tert-alkyl or cyclic N) is 1. The highest BCUT2D eigenvalue weighted by Crippen LogP contribution is 2.33. The Balaban J connectivity index is 1.58. The zero-order valence-electron chi connectivity index (χ0n) is 16.0. The number of aromatic amines is 1. The van der Waals surface area contributed by atoms with Crippen LogP contribution in [0.2, 0.25) is 0 Å². The van der Waals surface area contributed by atoms with Gasteiger partial charge in [-0.25, -0.2) is 4.98 Å². The van der Waals surface area contributed by atoms with Crippen molar-refractivity contribution in [3.8, 4) is 10.6 Å². The summed E-state index contributed by atoms with van der Waals surface area (Å²) in [5.41, 5.74) is 1.16. The number of aromatic nitrogens is 3. The molecule has 8 nitrogen and oxygen atoms in total. The van der Waals surface area contributed by atoms with Gasteiger partial charge in [0.2, 0.25) is 5.95 Å². The van der Waals surface area contributed by atoms with Crippen molar-refractivity contribution in [2.24, 2.45) is 0 Å². The van der Waals surface area contributed by atoms with Crippen LogP contribution >= 0.6 is 11.3 Å². The molecule has 0 spiro atoms. The van der Waals surface area contributed by atoms with E-state index in [0.717, 1.165) is 36.1 Å².